The second-order valence-electron chi connectivity index (χ2n) is 2.10. The van der Waals surface area contributed by atoms with Gasteiger partial charge in [-0.25, -0.2) is 0 Å². The molecule has 1 aliphatic heterocycles. The van der Waals surface area contributed by atoms with Crippen molar-refractivity contribution in [2.45, 2.75) is 20.3 Å². The third-order valence-electron chi connectivity index (χ3n) is 1.49. The summed E-state index contributed by atoms with van der Waals surface area (Å²) in [4.78, 5) is 0. The summed E-state index contributed by atoms with van der Waals surface area (Å²) in [5.74, 6) is 0. The molecule has 0 aromatic rings. The van der Waals surface area contributed by atoms with Gasteiger partial charge in [0.25, 0.3) is 0 Å². The third-order valence-corrected chi connectivity index (χ3v) is 1.49. The SMILES string of the molecule is CCC1=CNC=C=C1C. The lowest BCUT2D eigenvalue weighted by molar-refractivity contribution is 1.03. The average molecular weight is 121 g/mol. The number of hydrogen-bond donors (Lipinski definition) is 1. The van der Waals surface area contributed by atoms with Gasteiger partial charge in [0.05, 0.1) is 0 Å². The van der Waals surface area contributed by atoms with Crippen molar-refractivity contribution < 1.29 is 0 Å². The van der Waals surface area contributed by atoms with E-state index in [0.717, 1.165) is 6.42 Å². The first kappa shape index (κ1) is 6.18. The van der Waals surface area contributed by atoms with Crippen molar-refractivity contribution in [3.8, 4) is 0 Å². The lowest BCUT2D eigenvalue weighted by Crippen LogP contribution is -1.99. The summed E-state index contributed by atoms with van der Waals surface area (Å²) < 4.78 is 0. The predicted octanol–water partition coefficient (Wildman–Crippen LogP) is 1.94. The van der Waals surface area contributed by atoms with Gasteiger partial charge in [-0.15, -0.1) is 0 Å². The Morgan fingerprint density at radius 3 is 2.89 bits per heavy atom. The fourth-order valence-corrected chi connectivity index (χ4v) is 0.860. The molecule has 0 bridgehead atoms. The molecule has 0 fully saturated rings. The Morgan fingerprint density at radius 2 is 2.44 bits per heavy atom. The van der Waals surface area contributed by atoms with Crippen LogP contribution < -0.4 is 5.32 Å². The molecule has 0 amide bonds. The van der Waals surface area contributed by atoms with E-state index in [1.165, 1.54) is 11.1 Å². The fraction of sp³-hybridized carbons (Fsp3) is 0.375. The summed E-state index contributed by atoms with van der Waals surface area (Å²) in [5.41, 5.74) is 5.69. The highest BCUT2D eigenvalue weighted by atomic mass is 14.8. The van der Waals surface area contributed by atoms with E-state index >= 15 is 0 Å². The van der Waals surface area contributed by atoms with E-state index in [9.17, 15) is 0 Å². The van der Waals surface area contributed by atoms with Crippen LogP contribution in [0.4, 0.5) is 0 Å². The zero-order chi connectivity index (χ0) is 6.69. The van der Waals surface area contributed by atoms with Crippen LogP contribution >= 0.6 is 0 Å². The van der Waals surface area contributed by atoms with Gasteiger partial charge in [-0.05, 0) is 24.5 Å². The maximum atomic E-state index is 3.10. The van der Waals surface area contributed by atoms with Gasteiger partial charge < -0.3 is 5.32 Å². The van der Waals surface area contributed by atoms with Crippen LogP contribution in [0.2, 0.25) is 0 Å². The van der Waals surface area contributed by atoms with E-state index in [4.69, 9.17) is 0 Å². The molecule has 0 radical (unpaired) electrons. The molecule has 0 saturated carbocycles. The van der Waals surface area contributed by atoms with Crippen molar-refractivity contribution in [1.29, 1.82) is 0 Å². The Balaban J connectivity index is 2.85. The van der Waals surface area contributed by atoms with Gasteiger partial charge in [-0.2, -0.15) is 0 Å². The van der Waals surface area contributed by atoms with Gasteiger partial charge in [0, 0.05) is 12.4 Å². The molecule has 1 heterocycles. The highest BCUT2D eigenvalue weighted by molar-refractivity contribution is 5.30. The first-order valence-corrected chi connectivity index (χ1v) is 3.22. The molecule has 0 aromatic heterocycles. The molecule has 0 saturated heterocycles. The molecular weight excluding hydrogens is 110 g/mol. The molecule has 0 unspecified atom stereocenters. The summed E-state index contributed by atoms with van der Waals surface area (Å²) in [6, 6.07) is 0. The number of nitrogens with one attached hydrogen (secondary N) is 1. The molecule has 1 heteroatoms. The minimum atomic E-state index is 1.08. The van der Waals surface area contributed by atoms with Crippen LogP contribution in [0.3, 0.4) is 0 Å². The Labute approximate surface area is 55.8 Å². The molecule has 0 spiro atoms. The van der Waals surface area contributed by atoms with Crippen LogP contribution in [0.5, 0.6) is 0 Å². The quantitative estimate of drug-likeness (QED) is 0.523. The van der Waals surface area contributed by atoms with E-state index in [0.29, 0.717) is 0 Å². The van der Waals surface area contributed by atoms with Crippen LogP contribution in [0, 0.1) is 0 Å². The third kappa shape index (κ3) is 1.24. The van der Waals surface area contributed by atoms with Gasteiger partial charge in [0.15, 0.2) is 0 Å². The van der Waals surface area contributed by atoms with Gasteiger partial charge in [0.1, 0.15) is 0 Å². The van der Waals surface area contributed by atoms with E-state index in [1.807, 2.05) is 12.4 Å². The Kier molecular flexibility index (Phi) is 1.76. The molecule has 0 atom stereocenters. The molecule has 0 aliphatic carbocycles. The molecule has 1 rings (SSSR count). The molecule has 1 nitrogen and oxygen atoms in total. The lowest BCUT2D eigenvalue weighted by Gasteiger charge is -2.05. The van der Waals surface area contributed by atoms with Crippen molar-refractivity contribution in [3.63, 3.8) is 0 Å². The molecular formula is C8H11N. The first-order chi connectivity index (χ1) is 4.34. The average Bonchev–Trinajstić information content (AvgIpc) is 1.89. The highest BCUT2D eigenvalue weighted by Crippen LogP contribution is 2.11. The maximum Gasteiger partial charge on any atom is 0.0440 e. The summed E-state index contributed by atoms with van der Waals surface area (Å²) in [6.07, 6.45) is 4.93. The summed E-state index contributed by atoms with van der Waals surface area (Å²) in [7, 11) is 0. The lowest BCUT2D eigenvalue weighted by atomic mass is 10.1. The van der Waals surface area contributed by atoms with Gasteiger partial charge in [-0.1, -0.05) is 12.7 Å². The van der Waals surface area contributed by atoms with Crippen molar-refractivity contribution in [1.82, 2.24) is 5.32 Å². The van der Waals surface area contributed by atoms with E-state index in [1.54, 1.807) is 0 Å². The second-order valence-corrected chi connectivity index (χ2v) is 2.10. The summed E-state index contributed by atoms with van der Waals surface area (Å²) >= 11 is 0. The number of rotatable bonds is 1. The highest BCUT2D eigenvalue weighted by Gasteiger charge is 1.96. The maximum absolute atomic E-state index is 3.10. The second kappa shape index (κ2) is 2.56. The monoisotopic (exact) mass is 121 g/mol. The smallest absolute Gasteiger partial charge is 0.0440 e. The zero-order valence-electron chi connectivity index (χ0n) is 5.86. The van der Waals surface area contributed by atoms with Crippen LogP contribution in [0.15, 0.2) is 29.3 Å². The fourth-order valence-electron chi connectivity index (χ4n) is 0.860. The van der Waals surface area contributed by atoms with Crippen LogP contribution in [0.1, 0.15) is 20.3 Å². The van der Waals surface area contributed by atoms with E-state index in [-0.39, 0.29) is 0 Å². The van der Waals surface area contributed by atoms with E-state index < -0.39 is 0 Å². The molecule has 9 heavy (non-hydrogen) atoms. The normalized spacial score (nSPS) is 16.2. The van der Waals surface area contributed by atoms with Crippen LogP contribution in [-0.4, -0.2) is 0 Å². The van der Waals surface area contributed by atoms with E-state index in [2.05, 4.69) is 24.9 Å². The zero-order valence-corrected chi connectivity index (χ0v) is 5.86. The Hall–Kier alpha value is -0.940. The van der Waals surface area contributed by atoms with Crippen molar-refractivity contribution in [2.24, 2.45) is 0 Å². The Morgan fingerprint density at radius 1 is 1.67 bits per heavy atom. The summed E-state index contributed by atoms with van der Waals surface area (Å²) in [6.45, 7) is 4.22. The molecule has 48 valence electrons. The van der Waals surface area contributed by atoms with Crippen molar-refractivity contribution >= 4 is 0 Å². The molecule has 1 aliphatic rings. The standard InChI is InChI=1S/C8H11N/c1-3-8-6-9-5-4-7(8)2/h5-6,9H,3H2,1-2H3. The largest absolute Gasteiger partial charge is 0.361 e. The predicted molar refractivity (Wildman–Crippen MR) is 38.8 cm³/mol. The first-order valence-electron chi connectivity index (χ1n) is 3.22. The van der Waals surface area contributed by atoms with Crippen molar-refractivity contribution in [2.75, 3.05) is 0 Å². The van der Waals surface area contributed by atoms with Crippen LogP contribution in [-0.2, 0) is 0 Å². The number of allylic oxidation sites excluding steroid dienone is 2. The minimum Gasteiger partial charge on any atom is -0.361 e. The molecule has 1 N–H and O–H groups in total. The van der Waals surface area contributed by atoms with Crippen molar-refractivity contribution in [3.05, 3.63) is 29.3 Å². The number of hydrogen-bond acceptors (Lipinski definition) is 1. The topological polar surface area (TPSA) is 12.0 Å². The van der Waals surface area contributed by atoms with Crippen LogP contribution in [0.25, 0.3) is 0 Å². The Bertz CT molecular complexity index is 193. The molecule has 0 aromatic carbocycles. The minimum absolute atomic E-state index is 1.08. The van der Waals surface area contributed by atoms with Gasteiger partial charge in [0.2, 0.25) is 0 Å². The van der Waals surface area contributed by atoms with Gasteiger partial charge >= 0.3 is 0 Å². The van der Waals surface area contributed by atoms with Gasteiger partial charge in [-0.3, -0.25) is 0 Å². The summed E-state index contributed by atoms with van der Waals surface area (Å²) in [5, 5.41) is 3.00.